The van der Waals surface area contributed by atoms with E-state index < -0.39 is 12.0 Å². The second-order valence-electron chi connectivity index (χ2n) is 7.56. The number of para-hydroxylation sites is 1. The molecule has 31 heavy (non-hydrogen) atoms. The summed E-state index contributed by atoms with van der Waals surface area (Å²) in [6, 6.07) is 12.6. The lowest BCUT2D eigenvalue weighted by Gasteiger charge is -2.31. The monoisotopic (exact) mass is 421 g/mol. The summed E-state index contributed by atoms with van der Waals surface area (Å²) in [5.41, 5.74) is 4.03. The van der Waals surface area contributed by atoms with Crippen molar-refractivity contribution in [2.24, 2.45) is 0 Å². The molecule has 3 aliphatic rings. The molecular weight excluding hydrogens is 398 g/mol. The number of hydrogen-bond donors (Lipinski definition) is 2. The van der Waals surface area contributed by atoms with Crippen molar-refractivity contribution in [3.63, 3.8) is 0 Å². The first-order valence-electron chi connectivity index (χ1n) is 10.3. The smallest absolute Gasteiger partial charge is 0.338 e. The SMILES string of the molecule is CCOC(=O)C1=C(CN2CCc3ccccc32)NC(=O)N[C@H]1c1ccc2c(c1)OCO2. The number of amides is 2. The van der Waals surface area contributed by atoms with E-state index in [1.54, 1.807) is 19.1 Å². The molecule has 0 saturated heterocycles. The molecule has 0 radical (unpaired) electrons. The Balaban J connectivity index is 1.54. The molecule has 2 aromatic rings. The fourth-order valence-electron chi connectivity index (χ4n) is 4.30. The van der Waals surface area contributed by atoms with Gasteiger partial charge in [-0.2, -0.15) is 0 Å². The number of benzene rings is 2. The molecule has 0 spiro atoms. The predicted octanol–water partition coefficient (Wildman–Crippen LogP) is 2.65. The zero-order chi connectivity index (χ0) is 21.4. The highest BCUT2D eigenvalue weighted by atomic mass is 16.7. The lowest BCUT2D eigenvalue weighted by atomic mass is 9.94. The lowest BCUT2D eigenvalue weighted by Crippen LogP contribution is -2.48. The van der Waals surface area contributed by atoms with Gasteiger partial charge < -0.3 is 29.7 Å². The van der Waals surface area contributed by atoms with Gasteiger partial charge in [-0.15, -0.1) is 0 Å². The van der Waals surface area contributed by atoms with Crippen molar-refractivity contribution in [1.82, 2.24) is 10.6 Å². The number of fused-ring (bicyclic) bond motifs is 2. The van der Waals surface area contributed by atoms with Crippen LogP contribution in [0.5, 0.6) is 11.5 Å². The molecule has 0 bridgehead atoms. The number of rotatable bonds is 5. The zero-order valence-electron chi connectivity index (χ0n) is 17.1. The molecule has 0 aromatic heterocycles. The summed E-state index contributed by atoms with van der Waals surface area (Å²) in [5, 5.41) is 5.71. The molecule has 8 nitrogen and oxygen atoms in total. The van der Waals surface area contributed by atoms with Gasteiger partial charge in [0.05, 0.1) is 30.5 Å². The van der Waals surface area contributed by atoms with Crippen LogP contribution in [0, 0.1) is 0 Å². The summed E-state index contributed by atoms with van der Waals surface area (Å²) in [5.74, 6) is 0.767. The number of carbonyl (C=O) groups excluding carboxylic acids is 2. The number of nitrogens with zero attached hydrogens (tertiary/aromatic N) is 1. The van der Waals surface area contributed by atoms with Gasteiger partial charge in [-0.1, -0.05) is 24.3 Å². The number of esters is 1. The molecule has 0 aliphatic carbocycles. The van der Waals surface area contributed by atoms with Gasteiger partial charge >= 0.3 is 12.0 Å². The Labute approximate surface area is 179 Å². The molecule has 1 atom stereocenters. The molecule has 2 N–H and O–H groups in total. The molecular formula is C23H23N3O5. The Kier molecular flexibility index (Phi) is 4.89. The molecule has 0 unspecified atom stereocenters. The third-order valence-corrected chi connectivity index (χ3v) is 5.71. The van der Waals surface area contributed by atoms with Gasteiger partial charge in [0.2, 0.25) is 6.79 Å². The maximum Gasteiger partial charge on any atom is 0.338 e. The van der Waals surface area contributed by atoms with E-state index in [1.165, 1.54) is 5.56 Å². The van der Waals surface area contributed by atoms with Gasteiger partial charge in [-0.3, -0.25) is 0 Å². The second kappa shape index (κ2) is 7.86. The number of urea groups is 1. The number of anilines is 1. The molecule has 3 aliphatic heterocycles. The number of nitrogens with one attached hydrogen (secondary N) is 2. The van der Waals surface area contributed by atoms with E-state index in [1.807, 2.05) is 18.2 Å². The maximum absolute atomic E-state index is 13.0. The van der Waals surface area contributed by atoms with Crippen LogP contribution in [0.3, 0.4) is 0 Å². The summed E-state index contributed by atoms with van der Waals surface area (Å²) in [4.78, 5) is 27.7. The van der Waals surface area contributed by atoms with Crippen LogP contribution >= 0.6 is 0 Å². The topological polar surface area (TPSA) is 89.1 Å². The summed E-state index contributed by atoms with van der Waals surface area (Å²) in [6.07, 6.45) is 0.927. The highest BCUT2D eigenvalue weighted by Gasteiger charge is 2.35. The first-order chi connectivity index (χ1) is 15.1. The van der Waals surface area contributed by atoms with Crippen molar-refractivity contribution in [2.45, 2.75) is 19.4 Å². The van der Waals surface area contributed by atoms with E-state index in [4.69, 9.17) is 14.2 Å². The van der Waals surface area contributed by atoms with Crippen molar-refractivity contribution in [3.8, 4) is 11.5 Å². The Morgan fingerprint density at radius 1 is 1.19 bits per heavy atom. The number of ether oxygens (including phenoxy) is 3. The van der Waals surface area contributed by atoms with E-state index in [9.17, 15) is 9.59 Å². The molecule has 3 heterocycles. The van der Waals surface area contributed by atoms with Crippen LogP contribution in [0.25, 0.3) is 0 Å². The third kappa shape index (κ3) is 3.54. The van der Waals surface area contributed by atoms with E-state index >= 15 is 0 Å². The lowest BCUT2D eigenvalue weighted by molar-refractivity contribution is -0.139. The van der Waals surface area contributed by atoms with E-state index in [0.717, 1.165) is 24.2 Å². The Morgan fingerprint density at radius 3 is 2.90 bits per heavy atom. The van der Waals surface area contributed by atoms with Crippen molar-refractivity contribution in [3.05, 3.63) is 64.9 Å². The first kappa shape index (κ1) is 19.3. The van der Waals surface area contributed by atoms with Gasteiger partial charge in [0.1, 0.15) is 0 Å². The van der Waals surface area contributed by atoms with Crippen molar-refractivity contribution in [1.29, 1.82) is 0 Å². The first-order valence-corrected chi connectivity index (χ1v) is 10.3. The number of hydrogen-bond acceptors (Lipinski definition) is 6. The zero-order valence-corrected chi connectivity index (χ0v) is 17.1. The van der Waals surface area contributed by atoms with Crippen molar-refractivity contribution < 1.29 is 23.8 Å². The third-order valence-electron chi connectivity index (χ3n) is 5.71. The summed E-state index contributed by atoms with van der Waals surface area (Å²) in [6.45, 7) is 3.37. The van der Waals surface area contributed by atoms with Crippen LogP contribution in [0.4, 0.5) is 10.5 Å². The minimum atomic E-state index is -0.657. The molecule has 5 rings (SSSR count). The van der Waals surface area contributed by atoms with E-state index in [2.05, 4.69) is 27.7 Å². The highest BCUT2D eigenvalue weighted by Crippen LogP contribution is 2.37. The normalized spacial score (nSPS) is 19.1. The van der Waals surface area contributed by atoms with E-state index in [0.29, 0.717) is 29.3 Å². The van der Waals surface area contributed by atoms with Crippen molar-refractivity contribution in [2.75, 3.05) is 31.4 Å². The van der Waals surface area contributed by atoms with E-state index in [-0.39, 0.29) is 19.4 Å². The summed E-state index contributed by atoms with van der Waals surface area (Å²) < 4.78 is 16.2. The van der Waals surface area contributed by atoms with Crippen LogP contribution in [-0.4, -0.2) is 38.5 Å². The van der Waals surface area contributed by atoms with Crippen LogP contribution in [0.2, 0.25) is 0 Å². The standard InChI is InChI=1S/C23H23N3O5/c1-2-29-22(27)20-16(12-26-10-9-14-5-3-4-6-17(14)26)24-23(28)25-21(20)15-7-8-18-19(11-15)31-13-30-18/h3-8,11,21H,2,9-10,12-13H2,1H3,(H2,24,25,28)/t21-/m0/s1. The quantitative estimate of drug-likeness (QED) is 0.722. The Bertz CT molecular complexity index is 1080. The van der Waals surface area contributed by atoms with Gasteiger partial charge in [0.15, 0.2) is 11.5 Å². The van der Waals surface area contributed by atoms with Crippen LogP contribution < -0.4 is 25.0 Å². The second-order valence-corrected chi connectivity index (χ2v) is 7.56. The summed E-state index contributed by atoms with van der Waals surface area (Å²) in [7, 11) is 0. The molecule has 2 amide bonds. The van der Waals surface area contributed by atoms with Gasteiger partial charge in [-0.25, -0.2) is 9.59 Å². The molecule has 0 fully saturated rings. The molecule has 0 saturated carbocycles. The average molecular weight is 421 g/mol. The molecule has 160 valence electrons. The van der Waals surface area contributed by atoms with Crippen molar-refractivity contribution >= 4 is 17.7 Å². The van der Waals surface area contributed by atoms with Gasteiger partial charge in [0, 0.05) is 12.2 Å². The van der Waals surface area contributed by atoms with Crippen LogP contribution in [0.15, 0.2) is 53.7 Å². The minimum absolute atomic E-state index is 0.150. The largest absolute Gasteiger partial charge is 0.463 e. The van der Waals surface area contributed by atoms with Crippen LogP contribution in [0.1, 0.15) is 24.1 Å². The number of carbonyl (C=O) groups is 2. The Morgan fingerprint density at radius 2 is 2.03 bits per heavy atom. The average Bonchev–Trinajstić information content (AvgIpc) is 3.40. The highest BCUT2D eigenvalue weighted by molar-refractivity contribution is 5.95. The fraction of sp³-hybridized carbons (Fsp3) is 0.304. The fourth-order valence-corrected chi connectivity index (χ4v) is 4.30. The minimum Gasteiger partial charge on any atom is -0.463 e. The van der Waals surface area contributed by atoms with Gasteiger partial charge in [0.25, 0.3) is 0 Å². The molecule has 2 aromatic carbocycles. The molecule has 8 heteroatoms. The van der Waals surface area contributed by atoms with Gasteiger partial charge in [-0.05, 0) is 42.7 Å². The Hall–Kier alpha value is -3.68. The predicted molar refractivity (Wildman–Crippen MR) is 113 cm³/mol. The summed E-state index contributed by atoms with van der Waals surface area (Å²) >= 11 is 0. The van der Waals surface area contributed by atoms with Crippen LogP contribution in [-0.2, 0) is 16.0 Å². The maximum atomic E-state index is 13.0.